The number of aromatic nitrogens is 2. The van der Waals surface area contributed by atoms with Gasteiger partial charge in [0.15, 0.2) is 15.7 Å². The Bertz CT molecular complexity index is 2360. The summed E-state index contributed by atoms with van der Waals surface area (Å²) >= 11 is 6.53. The summed E-state index contributed by atoms with van der Waals surface area (Å²) in [4.78, 5) is 40.6. The van der Waals surface area contributed by atoms with Crippen molar-refractivity contribution in [1.29, 1.82) is 0 Å². The lowest BCUT2D eigenvalue weighted by molar-refractivity contribution is -0.133. The lowest BCUT2D eigenvalue weighted by atomic mass is 9.85. The average Bonchev–Trinajstić information content (AvgIpc) is 3.19. The van der Waals surface area contributed by atoms with Gasteiger partial charge in [-0.1, -0.05) is 23.7 Å². The molecule has 4 N–H and O–H groups in total. The van der Waals surface area contributed by atoms with Gasteiger partial charge in [0, 0.05) is 56.1 Å². The van der Waals surface area contributed by atoms with Crippen molar-refractivity contribution in [3.63, 3.8) is 0 Å². The molecule has 1 aromatic heterocycles. The van der Waals surface area contributed by atoms with Crippen LogP contribution in [0.4, 0.5) is 34.5 Å². The van der Waals surface area contributed by atoms with Gasteiger partial charge < -0.3 is 25.6 Å². The molecule has 4 fully saturated rings. The molecule has 4 saturated heterocycles. The second-order valence-electron chi connectivity index (χ2n) is 17.3. The molecular formula is C45H56ClN9O5S. The maximum atomic E-state index is 13.1. The Kier molecular flexibility index (Phi) is 12.5. The minimum atomic E-state index is -3.56. The van der Waals surface area contributed by atoms with Crippen LogP contribution < -0.4 is 30.9 Å². The van der Waals surface area contributed by atoms with Gasteiger partial charge in [-0.25, -0.2) is 13.4 Å². The molecule has 324 valence electrons. The summed E-state index contributed by atoms with van der Waals surface area (Å²) in [7, 11) is -3.56. The molecule has 1 atom stereocenters. The molecule has 8 rings (SSSR count). The zero-order chi connectivity index (χ0) is 43.0. The van der Waals surface area contributed by atoms with Crippen LogP contribution in [0.3, 0.4) is 0 Å². The van der Waals surface area contributed by atoms with Crippen LogP contribution in [0.5, 0.6) is 5.75 Å². The van der Waals surface area contributed by atoms with E-state index in [1.165, 1.54) is 23.0 Å². The number of aryl methyl sites for hydroxylation is 1. The van der Waals surface area contributed by atoms with Crippen LogP contribution in [0.2, 0.25) is 5.02 Å². The molecule has 0 bridgehead atoms. The van der Waals surface area contributed by atoms with Gasteiger partial charge in [0.05, 0.1) is 33.8 Å². The number of nitrogens with zero attached hydrogens (tertiary/aromatic N) is 5. The summed E-state index contributed by atoms with van der Waals surface area (Å²) in [6.45, 7) is 15.9. The van der Waals surface area contributed by atoms with Gasteiger partial charge in [0.25, 0.3) is 0 Å². The minimum Gasteiger partial charge on any atom is -0.489 e. The van der Waals surface area contributed by atoms with Crippen LogP contribution in [0.1, 0.15) is 70.4 Å². The van der Waals surface area contributed by atoms with E-state index in [4.69, 9.17) is 16.3 Å². The third-order valence-electron chi connectivity index (χ3n) is 12.4. The van der Waals surface area contributed by atoms with Crippen molar-refractivity contribution >= 4 is 67.8 Å². The fraction of sp³-hybridized carbons (Fsp3) is 0.467. The number of likely N-dealkylation sites (tertiary alicyclic amines) is 2. The molecule has 0 saturated carbocycles. The SMILES string of the molecule is Cc1cc(Nc2ncc(Cl)c(Nc3ccccc3S(=O)(=O)C(C)C)n2)c(OC(C)C)cc1C1CCN(C2CN(C3CN(c4ccc(NC5CCC(=O)NC5=O)cc4)C3)C2)CC1. The molecule has 4 aliphatic rings. The molecule has 3 aromatic carbocycles. The highest BCUT2D eigenvalue weighted by Gasteiger charge is 2.42. The second-order valence-corrected chi connectivity index (χ2v) is 20.2. The third kappa shape index (κ3) is 9.44. The van der Waals surface area contributed by atoms with E-state index in [0.717, 1.165) is 69.2 Å². The van der Waals surface area contributed by atoms with Gasteiger partial charge in [-0.15, -0.1) is 0 Å². The topological polar surface area (TPSA) is 161 Å². The van der Waals surface area contributed by atoms with Gasteiger partial charge in [0.1, 0.15) is 16.8 Å². The highest BCUT2D eigenvalue weighted by Crippen LogP contribution is 2.40. The summed E-state index contributed by atoms with van der Waals surface area (Å²) in [5.74, 6) is 1.26. The molecule has 1 unspecified atom stereocenters. The first-order valence-corrected chi connectivity index (χ1v) is 23.3. The first kappa shape index (κ1) is 42.7. The van der Waals surface area contributed by atoms with Crippen LogP contribution in [0.25, 0.3) is 0 Å². The highest BCUT2D eigenvalue weighted by molar-refractivity contribution is 7.92. The van der Waals surface area contributed by atoms with Gasteiger partial charge >= 0.3 is 0 Å². The lowest BCUT2D eigenvalue weighted by Gasteiger charge is -2.55. The Labute approximate surface area is 363 Å². The van der Waals surface area contributed by atoms with Crippen molar-refractivity contribution < 1.29 is 22.7 Å². The maximum absolute atomic E-state index is 13.1. The van der Waals surface area contributed by atoms with Crippen molar-refractivity contribution in [3.8, 4) is 5.75 Å². The van der Waals surface area contributed by atoms with Crippen LogP contribution in [0, 0.1) is 6.92 Å². The van der Waals surface area contributed by atoms with Gasteiger partial charge in [0.2, 0.25) is 17.8 Å². The van der Waals surface area contributed by atoms with E-state index in [2.05, 4.69) is 77.1 Å². The Morgan fingerprint density at radius 1 is 0.869 bits per heavy atom. The van der Waals surface area contributed by atoms with Crippen LogP contribution in [-0.4, -0.2) is 109 Å². The molecule has 4 aromatic rings. The highest BCUT2D eigenvalue weighted by atomic mass is 35.5. The normalized spacial score (nSPS) is 19.7. The number of sulfone groups is 1. The summed E-state index contributed by atoms with van der Waals surface area (Å²) in [6, 6.07) is 20.0. The molecule has 0 aliphatic carbocycles. The monoisotopic (exact) mass is 869 g/mol. The van der Waals surface area contributed by atoms with E-state index in [1.807, 2.05) is 26.0 Å². The number of nitrogens with one attached hydrogen (secondary N) is 4. The lowest BCUT2D eigenvalue weighted by Crippen LogP contribution is -2.70. The van der Waals surface area contributed by atoms with Crippen LogP contribution in [-0.2, 0) is 19.4 Å². The number of hydrogen-bond donors (Lipinski definition) is 4. The van der Waals surface area contributed by atoms with Crippen molar-refractivity contribution in [2.45, 2.75) is 101 Å². The number of anilines is 6. The first-order valence-electron chi connectivity index (χ1n) is 21.4. The predicted octanol–water partition coefficient (Wildman–Crippen LogP) is 6.86. The van der Waals surface area contributed by atoms with E-state index < -0.39 is 15.1 Å². The molecule has 4 aliphatic heterocycles. The van der Waals surface area contributed by atoms with Crippen LogP contribution in [0.15, 0.2) is 71.8 Å². The van der Waals surface area contributed by atoms with E-state index in [9.17, 15) is 18.0 Å². The number of rotatable bonds is 14. The molecule has 0 spiro atoms. The van der Waals surface area contributed by atoms with Crippen molar-refractivity contribution in [1.82, 2.24) is 25.1 Å². The Morgan fingerprint density at radius 2 is 1.57 bits per heavy atom. The zero-order valence-corrected chi connectivity index (χ0v) is 37.0. The molecule has 5 heterocycles. The Morgan fingerprint density at radius 3 is 2.26 bits per heavy atom. The zero-order valence-electron chi connectivity index (χ0n) is 35.4. The number of para-hydroxylation sites is 1. The molecule has 14 nitrogen and oxygen atoms in total. The number of ether oxygens (including phenoxy) is 1. The second kappa shape index (κ2) is 17.8. The Hall–Kier alpha value is -4.96. The molecule has 61 heavy (non-hydrogen) atoms. The van der Waals surface area contributed by atoms with Gasteiger partial charge in [-0.3, -0.25) is 24.7 Å². The molecular weight excluding hydrogens is 814 g/mol. The summed E-state index contributed by atoms with van der Waals surface area (Å²) in [6.07, 6.45) is 4.47. The Balaban J connectivity index is 0.842. The number of carbonyl (C=O) groups is 2. The van der Waals surface area contributed by atoms with Crippen molar-refractivity contribution in [2.24, 2.45) is 0 Å². The maximum Gasteiger partial charge on any atom is 0.249 e. The molecule has 16 heteroatoms. The first-order chi connectivity index (χ1) is 29.2. The number of amides is 2. The van der Waals surface area contributed by atoms with E-state index in [0.29, 0.717) is 42.5 Å². The standard InChI is InChI=1S/C45H56ClN9O5S/c1-27(2)60-40-21-35(29(5)20-39(40)50-45-47-22-36(46)43(52-45)49-37-8-6-7-9-41(37)61(58,59)28(3)4)30-16-18-53(19-17-30)33-23-55(24-33)34-25-54(26-34)32-12-10-31(11-13-32)48-38-14-15-42(56)51-44(38)57/h6-13,20-22,27-28,30,33-34,38,48H,14-19,23-26H2,1-5H3,(H,51,56,57)(H2,47,49,50,52). The number of carbonyl (C=O) groups excluding carboxylic acids is 2. The summed E-state index contributed by atoms with van der Waals surface area (Å²) < 4.78 is 32.6. The van der Waals surface area contributed by atoms with Gasteiger partial charge in [-0.05, 0) is 133 Å². The van der Waals surface area contributed by atoms with Crippen molar-refractivity contribution in [2.75, 3.05) is 60.1 Å². The fourth-order valence-corrected chi connectivity index (χ4v) is 10.1. The number of hydrogen-bond acceptors (Lipinski definition) is 13. The van der Waals surface area contributed by atoms with Crippen LogP contribution >= 0.6 is 11.6 Å². The minimum absolute atomic E-state index is 0.0558. The number of benzene rings is 3. The predicted molar refractivity (Wildman–Crippen MR) is 240 cm³/mol. The summed E-state index contributed by atoms with van der Waals surface area (Å²) in [5.41, 5.74) is 5.67. The molecule has 0 radical (unpaired) electrons. The largest absolute Gasteiger partial charge is 0.489 e. The molecule has 2 amide bonds. The van der Waals surface area contributed by atoms with Gasteiger partial charge in [-0.2, -0.15) is 4.98 Å². The van der Waals surface area contributed by atoms with E-state index in [-0.39, 0.29) is 39.7 Å². The van der Waals surface area contributed by atoms with E-state index >= 15 is 0 Å². The van der Waals surface area contributed by atoms with Crippen molar-refractivity contribution in [3.05, 3.63) is 83.0 Å². The number of imide groups is 1. The van der Waals surface area contributed by atoms with E-state index in [1.54, 1.807) is 38.1 Å². The fourth-order valence-electron chi connectivity index (χ4n) is 8.72. The quantitative estimate of drug-likeness (QED) is 0.0974. The average molecular weight is 871 g/mol. The number of piperidine rings is 2. The third-order valence-corrected chi connectivity index (χ3v) is 14.8. The smallest absolute Gasteiger partial charge is 0.249 e. The number of halogens is 1. The summed E-state index contributed by atoms with van der Waals surface area (Å²) in [5, 5.41) is 11.8.